The quantitative estimate of drug-likeness (QED) is 0.631. The van der Waals surface area contributed by atoms with E-state index >= 15 is 0 Å². The van der Waals surface area contributed by atoms with Crippen molar-refractivity contribution in [1.29, 1.82) is 0 Å². The molecule has 20 heavy (non-hydrogen) atoms. The van der Waals surface area contributed by atoms with Crippen LogP contribution >= 0.6 is 24.4 Å². The summed E-state index contributed by atoms with van der Waals surface area (Å²) in [6.45, 7) is 5.92. The highest BCUT2D eigenvalue weighted by Crippen LogP contribution is 2.28. The largest absolute Gasteiger partial charge is 0.497 e. The van der Waals surface area contributed by atoms with Crippen LogP contribution in [-0.4, -0.2) is 22.7 Å². The number of rotatable bonds is 6. The molecule has 0 unspecified atom stereocenters. The number of thioether (sulfide) groups is 1. The lowest BCUT2D eigenvalue weighted by Crippen LogP contribution is -2.19. The fraction of sp³-hybridized carbons (Fsp3) is 0.438. The molecule has 110 valence electrons. The zero-order chi connectivity index (χ0) is 15.2. The van der Waals surface area contributed by atoms with Crippen LogP contribution < -0.4 is 4.74 Å². The molecule has 0 bridgehead atoms. The van der Waals surface area contributed by atoms with Crippen LogP contribution in [-0.2, 0) is 11.2 Å². The SMILES string of the molecule is COc1ccc(C/C=C(\C)C(=O)SC(C)(C)CS)cc1. The van der Waals surface area contributed by atoms with Gasteiger partial charge in [-0.15, -0.1) is 0 Å². The van der Waals surface area contributed by atoms with Crippen molar-refractivity contribution in [1.82, 2.24) is 0 Å². The molecule has 0 aromatic heterocycles. The summed E-state index contributed by atoms with van der Waals surface area (Å²) in [5.74, 6) is 1.52. The maximum absolute atomic E-state index is 12.1. The molecule has 0 aliphatic heterocycles. The number of benzene rings is 1. The molecule has 2 nitrogen and oxygen atoms in total. The Morgan fingerprint density at radius 1 is 1.35 bits per heavy atom. The van der Waals surface area contributed by atoms with E-state index in [4.69, 9.17) is 4.74 Å². The van der Waals surface area contributed by atoms with Crippen molar-refractivity contribution in [2.75, 3.05) is 12.9 Å². The standard InChI is InChI=1S/C16H22O2S2/c1-12(15(17)20-16(2,3)11-19)5-6-13-7-9-14(18-4)10-8-13/h5,7-10,19H,6,11H2,1-4H3/b12-5+. The highest BCUT2D eigenvalue weighted by Gasteiger charge is 2.21. The minimum absolute atomic E-state index is 0.123. The van der Waals surface area contributed by atoms with E-state index in [-0.39, 0.29) is 9.86 Å². The van der Waals surface area contributed by atoms with Gasteiger partial charge in [-0.2, -0.15) is 12.6 Å². The molecule has 1 rings (SSSR count). The van der Waals surface area contributed by atoms with Crippen molar-refractivity contribution >= 4 is 29.5 Å². The predicted octanol–water partition coefficient (Wildman–Crippen LogP) is 4.15. The molecule has 0 fully saturated rings. The van der Waals surface area contributed by atoms with Gasteiger partial charge in [0.1, 0.15) is 5.75 Å². The van der Waals surface area contributed by atoms with Crippen molar-refractivity contribution in [3.63, 3.8) is 0 Å². The maximum Gasteiger partial charge on any atom is 0.215 e. The predicted molar refractivity (Wildman–Crippen MR) is 91.0 cm³/mol. The number of ether oxygens (including phenoxy) is 1. The highest BCUT2D eigenvalue weighted by atomic mass is 32.2. The molecule has 0 saturated carbocycles. The Bertz CT molecular complexity index is 476. The van der Waals surface area contributed by atoms with Crippen LogP contribution in [0.15, 0.2) is 35.9 Å². The molecular weight excluding hydrogens is 288 g/mol. The van der Waals surface area contributed by atoms with Crippen LogP contribution in [0, 0.1) is 0 Å². The molecule has 4 heteroatoms. The molecule has 1 aromatic rings. The average Bonchev–Trinajstić information content (AvgIpc) is 2.44. The number of allylic oxidation sites excluding steroid dienone is 1. The van der Waals surface area contributed by atoms with Crippen LogP contribution in [0.1, 0.15) is 26.3 Å². The van der Waals surface area contributed by atoms with E-state index in [0.717, 1.165) is 23.3 Å². The van der Waals surface area contributed by atoms with Crippen molar-refractivity contribution in [3.8, 4) is 5.75 Å². The van der Waals surface area contributed by atoms with Crippen molar-refractivity contribution in [2.45, 2.75) is 31.9 Å². The van der Waals surface area contributed by atoms with Crippen molar-refractivity contribution < 1.29 is 9.53 Å². The number of carbonyl (C=O) groups excluding carboxylic acids is 1. The van der Waals surface area contributed by atoms with E-state index in [1.807, 2.05) is 51.1 Å². The lowest BCUT2D eigenvalue weighted by atomic mass is 10.1. The monoisotopic (exact) mass is 310 g/mol. The maximum atomic E-state index is 12.1. The number of hydrogen-bond acceptors (Lipinski definition) is 4. The van der Waals surface area contributed by atoms with Gasteiger partial charge in [0.05, 0.1) is 7.11 Å². The fourth-order valence-corrected chi connectivity index (χ4v) is 2.48. The van der Waals surface area contributed by atoms with Gasteiger partial charge in [0.15, 0.2) is 0 Å². The summed E-state index contributed by atoms with van der Waals surface area (Å²) in [4.78, 5) is 12.1. The molecule has 0 radical (unpaired) electrons. The third-order valence-electron chi connectivity index (χ3n) is 2.87. The minimum atomic E-state index is -0.130. The molecule has 0 aliphatic carbocycles. The summed E-state index contributed by atoms with van der Waals surface area (Å²) >= 11 is 5.62. The molecule has 0 aliphatic rings. The van der Waals surface area contributed by atoms with Crippen LogP contribution in [0.2, 0.25) is 0 Å². The van der Waals surface area contributed by atoms with Gasteiger partial charge in [-0.1, -0.05) is 30.0 Å². The summed E-state index contributed by atoms with van der Waals surface area (Å²) in [6.07, 6.45) is 2.73. The van der Waals surface area contributed by atoms with Crippen LogP contribution in [0.3, 0.4) is 0 Å². The van der Waals surface area contributed by atoms with Crippen molar-refractivity contribution in [3.05, 3.63) is 41.5 Å². The summed E-state index contributed by atoms with van der Waals surface area (Å²) < 4.78 is 4.99. The van der Waals surface area contributed by atoms with E-state index in [9.17, 15) is 4.79 Å². The third-order valence-corrected chi connectivity index (χ3v) is 5.08. The van der Waals surface area contributed by atoms with Gasteiger partial charge in [0.25, 0.3) is 0 Å². The summed E-state index contributed by atoms with van der Waals surface area (Å²) in [5, 5.41) is 0.123. The Morgan fingerprint density at radius 3 is 2.45 bits per heavy atom. The zero-order valence-electron chi connectivity index (χ0n) is 12.5. The topological polar surface area (TPSA) is 26.3 Å². The van der Waals surface area contributed by atoms with Gasteiger partial charge in [-0.3, -0.25) is 4.79 Å². The first-order chi connectivity index (χ1) is 9.38. The Morgan fingerprint density at radius 2 is 1.95 bits per heavy atom. The molecule has 0 atom stereocenters. The summed E-state index contributed by atoms with van der Waals surface area (Å²) in [7, 11) is 1.65. The number of carbonyl (C=O) groups is 1. The van der Waals surface area contributed by atoms with Gasteiger partial charge in [-0.25, -0.2) is 0 Å². The Labute approximate surface area is 131 Å². The van der Waals surface area contributed by atoms with Gasteiger partial charge >= 0.3 is 0 Å². The average molecular weight is 310 g/mol. The van der Waals surface area contributed by atoms with Crippen LogP contribution in [0.5, 0.6) is 5.75 Å². The summed E-state index contributed by atoms with van der Waals surface area (Å²) in [5.41, 5.74) is 1.96. The Kier molecular flexibility index (Phi) is 6.69. The van der Waals surface area contributed by atoms with E-state index in [2.05, 4.69) is 12.6 Å². The van der Waals surface area contributed by atoms with E-state index in [0.29, 0.717) is 5.75 Å². The van der Waals surface area contributed by atoms with Crippen molar-refractivity contribution in [2.24, 2.45) is 0 Å². The lowest BCUT2D eigenvalue weighted by molar-refractivity contribution is -0.107. The fourth-order valence-electron chi connectivity index (χ4n) is 1.48. The minimum Gasteiger partial charge on any atom is -0.497 e. The van der Waals surface area contributed by atoms with Crippen LogP contribution in [0.4, 0.5) is 0 Å². The Hall–Kier alpha value is -0.870. The Balaban J connectivity index is 2.62. The normalized spacial score (nSPS) is 12.3. The van der Waals surface area contributed by atoms with Gasteiger partial charge in [0.2, 0.25) is 5.12 Å². The van der Waals surface area contributed by atoms with Gasteiger partial charge < -0.3 is 4.74 Å². The first-order valence-electron chi connectivity index (χ1n) is 6.52. The highest BCUT2D eigenvalue weighted by molar-refractivity contribution is 8.15. The number of methoxy groups -OCH3 is 1. The van der Waals surface area contributed by atoms with E-state index < -0.39 is 0 Å². The van der Waals surface area contributed by atoms with E-state index in [1.54, 1.807) is 7.11 Å². The molecule has 0 saturated heterocycles. The molecule has 1 aromatic carbocycles. The second kappa shape index (κ2) is 7.79. The van der Waals surface area contributed by atoms with E-state index in [1.165, 1.54) is 11.8 Å². The smallest absolute Gasteiger partial charge is 0.215 e. The first-order valence-corrected chi connectivity index (χ1v) is 7.97. The molecule has 0 heterocycles. The molecular formula is C16H22O2S2. The second-order valence-corrected chi connectivity index (χ2v) is 7.24. The van der Waals surface area contributed by atoms with Gasteiger partial charge in [0, 0.05) is 10.5 Å². The lowest BCUT2D eigenvalue weighted by Gasteiger charge is -2.19. The zero-order valence-corrected chi connectivity index (χ0v) is 14.2. The number of thiol groups is 1. The number of hydrogen-bond donors (Lipinski definition) is 1. The second-order valence-electron chi connectivity index (χ2n) is 5.25. The third kappa shape index (κ3) is 5.63. The molecule has 0 amide bonds. The molecule has 0 spiro atoms. The molecule has 0 N–H and O–H groups in total. The van der Waals surface area contributed by atoms with Gasteiger partial charge in [-0.05, 0) is 50.5 Å². The summed E-state index contributed by atoms with van der Waals surface area (Å²) in [6, 6.07) is 7.88. The van der Waals surface area contributed by atoms with Crippen LogP contribution in [0.25, 0.3) is 0 Å². The first kappa shape index (κ1) is 17.2.